The molecule has 2 fully saturated rings. The number of amides is 1. The van der Waals surface area contributed by atoms with E-state index in [4.69, 9.17) is 12.2 Å². The zero-order valence-corrected chi connectivity index (χ0v) is 15.6. The molecule has 0 radical (unpaired) electrons. The number of piperazine rings is 1. The van der Waals surface area contributed by atoms with E-state index in [1.54, 1.807) is 4.90 Å². The number of para-hydroxylation sites is 1. The summed E-state index contributed by atoms with van der Waals surface area (Å²) in [4.78, 5) is 23.4. The van der Waals surface area contributed by atoms with Crippen molar-refractivity contribution in [2.75, 3.05) is 50.7 Å². The third kappa shape index (κ3) is 3.51. The molecule has 1 aromatic rings. The summed E-state index contributed by atoms with van der Waals surface area (Å²) in [6.07, 6.45) is 0. The van der Waals surface area contributed by atoms with Gasteiger partial charge in [0.1, 0.15) is 5.25 Å². The number of anilines is 1. The standard InChI is InChI=1S/C17H21N5OS2/c23-15-14(25-17(24)22(15)16-18-6-7-19-16)12-20-8-10-21(11-9-20)13-4-2-1-3-5-13/h1-5,14H,6-12H2,(H,18,19). The van der Waals surface area contributed by atoms with E-state index < -0.39 is 0 Å². The first kappa shape index (κ1) is 16.8. The highest BCUT2D eigenvalue weighted by Gasteiger charge is 2.41. The molecule has 1 unspecified atom stereocenters. The Hall–Kier alpha value is -1.64. The van der Waals surface area contributed by atoms with Gasteiger partial charge in [-0.05, 0) is 12.1 Å². The highest BCUT2D eigenvalue weighted by atomic mass is 32.2. The van der Waals surface area contributed by atoms with Crippen LogP contribution in [0.15, 0.2) is 35.3 Å². The molecule has 4 rings (SSSR count). The van der Waals surface area contributed by atoms with E-state index in [1.807, 2.05) is 6.07 Å². The Kier molecular flexibility index (Phi) is 4.91. The van der Waals surface area contributed by atoms with Crippen LogP contribution in [0.25, 0.3) is 0 Å². The molecule has 3 aliphatic rings. The van der Waals surface area contributed by atoms with Gasteiger partial charge in [-0.15, -0.1) is 0 Å². The van der Waals surface area contributed by atoms with Crippen molar-refractivity contribution < 1.29 is 4.79 Å². The molecular formula is C17H21N5OS2. The van der Waals surface area contributed by atoms with E-state index in [0.29, 0.717) is 16.8 Å². The molecule has 1 atom stereocenters. The van der Waals surface area contributed by atoms with Crippen LogP contribution in [-0.2, 0) is 4.79 Å². The lowest BCUT2D eigenvalue weighted by Gasteiger charge is -2.36. The van der Waals surface area contributed by atoms with Gasteiger partial charge in [0.25, 0.3) is 0 Å². The van der Waals surface area contributed by atoms with Gasteiger partial charge in [0.05, 0.1) is 6.54 Å². The fraction of sp³-hybridized carbons (Fsp3) is 0.471. The number of nitrogens with zero attached hydrogens (tertiary/aromatic N) is 4. The van der Waals surface area contributed by atoms with Gasteiger partial charge in [-0.25, -0.2) is 4.90 Å². The van der Waals surface area contributed by atoms with Gasteiger partial charge in [-0.1, -0.05) is 42.2 Å². The van der Waals surface area contributed by atoms with Crippen molar-refractivity contribution in [3.05, 3.63) is 30.3 Å². The lowest BCUT2D eigenvalue weighted by molar-refractivity contribution is -0.123. The predicted molar refractivity (Wildman–Crippen MR) is 106 cm³/mol. The maximum absolute atomic E-state index is 12.7. The minimum absolute atomic E-state index is 0.0636. The summed E-state index contributed by atoms with van der Waals surface area (Å²) in [6, 6.07) is 10.5. The zero-order chi connectivity index (χ0) is 17.2. The summed E-state index contributed by atoms with van der Waals surface area (Å²) in [5.41, 5.74) is 1.27. The Morgan fingerprint density at radius 2 is 1.96 bits per heavy atom. The van der Waals surface area contributed by atoms with Gasteiger partial charge in [0.15, 0.2) is 4.32 Å². The summed E-state index contributed by atoms with van der Waals surface area (Å²) >= 11 is 6.89. The van der Waals surface area contributed by atoms with Gasteiger partial charge >= 0.3 is 0 Å². The Bertz CT molecular complexity index is 688. The maximum atomic E-state index is 12.7. The molecule has 3 heterocycles. The summed E-state index contributed by atoms with van der Waals surface area (Å²) in [5, 5.41) is 3.02. The van der Waals surface area contributed by atoms with Crippen molar-refractivity contribution in [3.63, 3.8) is 0 Å². The van der Waals surface area contributed by atoms with Gasteiger partial charge in [-0.3, -0.25) is 14.7 Å². The van der Waals surface area contributed by atoms with Gasteiger partial charge in [0.2, 0.25) is 11.9 Å². The van der Waals surface area contributed by atoms with Crippen LogP contribution in [0.5, 0.6) is 0 Å². The highest BCUT2D eigenvalue weighted by molar-refractivity contribution is 8.24. The van der Waals surface area contributed by atoms with Crippen LogP contribution < -0.4 is 10.2 Å². The molecule has 3 aliphatic heterocycles. The molecule has 132 valence electrons. The first-order valence-electron chi connectivity index (χ1n) is 8.57. The van der Waals surface area contributed by atoms with E-state index >= 15 is 0 Å². The van der Waals surface area contributed by atoms with E-state index in [1.165, 1.54) is 17.4 Å². The number of thiocarbonyl (C=S) groups is 1. The number of guanidine groups is 1. The molecule has 1 N–H and O–H groups in total. The molecule has 0 saturated carbocycles. The van der Waals surface area contributed by atoms with Crippen LogP contribution in [0.2, 0.25) is 0 Å². The number of aliphatic imine (C=N–C) groups is 1. The van der Waals surface area contributed by atoms with Crippen molar-refractivity contribution in [1.29, 1.82) is 0 Å². The number of carbonyl (C=O) groups excluding carboxylic acids is 1. The van der Waals surface area contributed by atoms with Crippen molar-refractivity contribution in [2.45, 2.75) is 5.25 Å². The normalized spacial score (nSPS) is 24.6. The fourth-order valence-electron chi connectivity index (χ4n) is 3.36. The van der Waals surface area contributed by atoms with Crippen LogP contribution in [-0.4, -0.2) is 77.1 Å². The molecule has 0 spiro atoms. The fourth-order valence-corrected chi connectivity index (χ4v) is 4.90. The van der Waals surface area contributed by atoms with Crippen molar-refractivity contribution in [3.8, 4) is 0 Å². The minimum atomic E-state index is -0.124. The second-order valence-corrected chi connectivity index (χ2v) is 8.14. The molecule has 0 aliphatic carbocycles. The smallest absolute Gasteiger partial charge is 0.249 e. The van der Waals surface area contributed by atoms with E-state index in [0.717, 1.165) is 39.3 Å². The van der Waals surface area contributed by atoms with Crippen LogP contribution in [0.4, 0.5) is 5.69 Å². The number of hydrogen-bond donors (Lipinski definition) is 1. The number of thioether (sulfide) groups is 1. The third-order valence-electron chi connectivity index (χ3n) is 4.71. The number of rotatable bonds is 3. The highest BCUT2D eigenvalue weighted by Crippen LogP contribution is 2.29. The lowest BCUT2D eigenvalue weighted by Crippen LogP contribution is -2.50. The topological polar surface area (TPSA) is 51.2 Å². The van der Waals surface area contributed by atoms with Crippen LogP contribution >= 0.6 is 24.0 Å². The Balaban J connectivity index is 1.33. The first-order valence-corrected chi connectivity index (χ1v) is 9.86. The summed E-state index contributed by atoms with van der Waals surface area (Å²) in [5.74, 6) is 0.688. The molecular weight excluding hydrogens is 354 g/mol. The zero-order valence-electron chi connectivity index (χ0n) is 13.9. The van der Waals surface area contributed by atoms with Crippen molar-refractivity contribution in [1.82, 2.24) is 15.1 Å². The quantitative estimate of drug-likeness (QED) is 0.796. The molecule has 0 aromatic heterocycles. The molecule has 0 bridgehead atoms. The summed E-state index contributed by atoms with van der Waals surface area (Å²) < 4.78 is 0.617. The molecule has 25 heavy (non-hydrogen) atoms. The molecule has 8 heteroatoms. The van der Waals surface area contributed by atoms with Crippen LogP contribution in [0, 0.1) is 0 Å². The summed E-state index contributed by atoms with van der Waals surface area (Å²) in [7, 11) is 0. The van der Waals surface area contributed by atoms with Crippen LogP contribution in [0.1, 0.15) is 0 Å². The Morgan fingerprint density at radius 1 is 1.20 bits per heavy atom. The largest absolute Gasteiger partial charge is 0.369 e. The van der Waals surface area contributed by atoms with E-state index in [2.05, 4.69) is 44.4 Å². The molecule has 6 nitrogen and oxygen atoms in total. The van der Waals surface area contributed by atoms with Crippen LogP contribution in [0.3, 0.4) is 0 Å². The second-order valence-electron chi connectivity index (χ2n) is 6.30. The molecule has 1 amide bonds. The number of nitrogens with one attached hydrogen (secondary N) is 1. The maximum Gasteiger partial charge on any atom is 0.249 e. The minimum Gasteiger partial charge on any atom is -0.369 e. The van der Waals surface area contributed by atoms with Gasteiger partial charge in [0, 0.05) is 45.0 Å². The Morgan fingerprint density at radius 3 is 2.64 bits per heavy atom. The predicted octanol–water partition coefficient (Wildman–Crippen LogP) is 0.997. The molecule has 2 saturated heterocycles. The second kappa shape index (κ2) is 7.31. The van der Waals surface area contributed by atoms with E-state index in [-0.39, 0.29) is 11.2 Å². The van der Waals surface area contributed by atoms with Gasteiger partial charge < -0.3 is 10.2 Å². The summed E-state index contributed by atoms with van der Waals surface area (Å²) in [6.45, 7) is 6.12. The number of hydrogen-bond acceptors (Lipinski definition) is 7. The van der Waals surface area contributed by atoms with Crippen molar-refractivity contribution >= 4 is 45.9 Å². The monoisotopic (exact) mass is 375 g/mol. The van der Waals surface area contributed by atoms with Gasteiger partial charge in [-0.2, -0.15) is 0 Å². The molecule has 1 aromatic carbocycles. The lowest BCUT2D eigenvalue weighted by atomic mass is 10.2. The van der Waals surface area contributed by atoms with E-state index in [9.17, 15) is 4.79 Å². The first-order chi connectivity index (χ1) is 12.2. The SMILES string of the molecule is O=C1C(CN2CCN(c3ccccc3)CC2)SC(=S)N1C1=NCCN1. The Labute approximate surface area is 157 Å². The third-order valence-corrected chi connectivity index (χ3v) is 6.20. The number of benzene rings is 1. The van der Waals surface area contributed by atoms with Crippen molar-refractivity contribution in [2.24, 2.45) is 4.99 Å². The average molecular weight is 376 g/mol. The number of carbonyl (C=O) groups is 1. The average Bonchev–Trinajstić information content (AvgIpc) is 3.25.